The number of piperidine rings is 1. The molecule has 1 aromatic carbocycles. The third-order valence-electron chi connectivity index (χ3n) is 11.3. The van der Waals surface area contributed by atoms with Crippen LogP contribution < -0.4 is 5.73 Å². The average molecular weight is 594 g/mol. The number of primary amides is 1. The van der Waals surface area contributed by atoms with Crippen molar-refractivity contribution in [3.05, 3.63) is 29.8 Å². The van der Waals surface area contributed by atoms with Crippen molar-refractivity contribution in [2.75, 3.05) is 6.54 Å². The van der Waals surface area contributed by atoms with Gasteiger partial charge in [0.15, 0.2) is 16.8 Å². The molecule has 3 aliphatic carbocycles. The molecule has 3 saturated carbocycles. The van der Waals surface area contributed by atoms with Gasteiger partial charge in [0.05, 0.1) is 16.6 Å². The number of Topliss-reactive ketones (excluding diaryl/α,β-unsaturated/α-hetero) is 2. The van der Waals surface area contributed by atoms with E-state index in [9.17, 15) is 23.4 Å². The number of amides is 2. The first-order valence-electron chi connectivity index (χ1n) is 15.8. The molecule has 6 atom stereocenters. The molecule has 9 heteroatoms. The van der Waals surface area contributed by atoms with Gasteiger partial charge in [0, 0.05) is 36.8 Å². The Morgan fingerprint density at radius 3 is 2.43 bits per heavy atom. The number of benzene rings is 1. The number of carbonyl (C=O) groups is 4. The molecule has 42 heavy (non-hydrogen) atoms. The first-order chi connectivity index (χ1) is 20.1. The number of nitrogens with two attached hydrogens (primary N) is 1. The van der Waals surface area contributed by atoms with E-state index in [-0.39, 0.29) is 47.2 Å². The van der Waals surface area contributed by atoms with E-state index >= 15 is 0 Å². The normalized spacial score (nSPS) is 29.6. The summed E-state index contributed by atoms with van der Waals surface area (Å²) in [6.07, 6.45) is 9.19. The molecule has 2 N–H and O–H groups in total. The number of nitrogens with zero attached hydrogens (tertiary/aromatic N) is 2. The van der Waals surface area contributed by atoms with Gasteiger partial charge in [-0.2, -0.15) is 4.40 Å². The molecule has 5 aliphatic rings. The summed E-state index contributed by atoms with van der Waals surface area (Å²) >= 11 is 0. The summed E-state index contributed by atoms with van der Waals surface area (Å²) in [7, 11) is -1.46. The Balaban J connectivity index is 1.26. The van der Waals surface area contributed by atoms with Crippen molar-refractivity contribution in [3.63, 3.8) is 0 Å². The smallest absolute Gasteiger partial charge is 0.285 e. The Morgan fingerprint density at radius 2 is 1.76 bits per heavy atom. The van der Waals surface area contributed by atoms with Gasteiger partial charge in [0.25, 0.3) is 5.91 Å². The first-order valence-corrected chi connectivity index (χ1v) is 16.9. The van der Waals surface area contributed by atoms with Crippen molar-refractivity contribution in [2.24, 2.45) is 51.1 Å². The zero-order valence-corrected chi connectivity index (χ0v) is 25.6. The maximum Gasteiger partial charge on any atom is 0.285 e. The molecular formula is C33H43N3O5S. The van der Waals surface area contributed by atoms with Gasteiger partial charge in [-0.3, -0.25) is 19.2 Å². The molecule has 4 unspecified atom stereocenters. The van der Waals surface area contributed by atoms with Crippen LogP contribution in [-0.4, -0.2) is 50.8 Å². The molecule has 2 aliphatic heterocycles. The highest BCUT2D eigenvalue weighted by Crippen LogP contribution is 2.65. The minimum Gasteiger partial charge on any atom is -0.363 e. The van der Waals surface area contributed by atoms with Crippen LogP contribution in [0.1, 0.15) is 90.0 Å². The van der Waals surface area contributed by atoms with Gasteiger partial charge >= 0.3 is 0 Å². The van der Waals surface area contributed by atoms with E-state index in [4.69, 9.17) is 5.73 Å². The summed E-state index contributed by atoms with van der Waals surface area (Å²) in [5, 5.41) is 0. The van der Waals surface area contributed by atoms with E-state index in [1.165, 1.54) is 0 Å². The molecule has 4 fully saturated rings. The molecule has 1 saturated heterocycles. The summed E-state index contributed by atoms with van der Waals surface area (Å²) in [5.41, 5.74) is 6.92. The van der Waals surface area contributed by atoms with Crippen molar-refractivity contribution >= 4 is 40.1 Å². The summed E-state index contributed by atoms with van der Waals surface area (Å²) in [6, 6.07) is 6.93. The van der Waals surface area contributed by atoms with Gasteiger partial charge in [-0.05, 0) is 54.4 Å². The second-order valence-corrected chi connectivity index (χ2v) is 15.1. The summed E-state index contributed by atoms with van der Waals surface area (Å²) in [6.45, 7) is 4.84. The Labute approximate surface area is 250 Å². The fourth-order valence-corrected chi connectivity index (χ4v) is 9.52. The zero-order chi connectivity index (χ0) is 29.8. The minimum absolute atomic E-state index is 0.0158. The molecule has 0 aromatic heterocycles. The maximum atomic E-state index is 14.6. The number of ketones is 2. The van der Waals surface area contributed by atoms with Gasteiger partial charge in [0.1, 0.15) is 0 Å². The SMILES string of the molecule is CC1(C)C2C(C(=O)CC(CC3CCC3)C(=O)C(N)=O)N(C(=O)[C@@H](CC3=NS(=O)c4ccccc43)C3CCCCC3)C[C@@H]21. The molecule has 1 aromatic rings. The number of hydrogen-bond donors (Lipinski definition) is 1. The fourth-order valence-electron chi connectivity index (χ4n) is 8.48. The van der Waals surface area contributed by atoms with Crippen molar-refractivity contribution in [2.45, 2.75) is 95.4 Å². The van der Waals surface area contributed by atoms with E-state index in [0.717, 1.165) is 56.9 Å². The molecule has 0 spiro atoms. The van der Waals surface area contributed by atoms with Crippen LogP contribution >= 0.6 is 0 Å². The Kier molecular flexibility index (Phi) is 8.00. The highest BCUT2D eigenvalue weighted by molar-refractivity contribution is 7.84. The summed E-state index contributed by atoms with van der Waals surface area (Å²) in [5.74, 6) is -2.04. The summed E-state index contributed by atoms with van der Waals surface area (Å²) in [4.78, 5) is 55.9. The number of rotatable bonds is 11. The zero-order valence-electron chi connectivity index (χ0n) is 24.8. The molecule has 226 valence electrons. The van der Waals surface area contributed by atoms with Crippen molar-refractivity contribution in [1.29, 1.82) is 0 Å². The van der Waals surface area contributed by atoms with Crippen molar-refractivity contribution in [1.82, 2.24) is 4.90 Å². The number of carbonyl (C=O) groups excluding carboxylic acids is 4. The van der Waals surface area contributed by atoms with Crippen LogP contribution in [0.5, 0.6) is 0 Å². The molecule has 2 amide bonds. The Morgan fingerprint density at radius 1 is 1.05 bits per heavy atom. The predicted molar refractivity (Wildman–Crippen MR) is 160 cm³/mol. The van der Waals surface area contributed by atoms with Crippen LogP contribution in [0, 0.1) is 40.9 Å². The molecular weight excluding hydrogens is 550 g/mol. The van der Waals surface area contributed by atoms with Gasteiger partial charge in [-0.25, -0.2) is 4.21 Å². The maximum absolute atomic E-state index is 14.6. The lowest BCUT2D eigenvalue weighted by atomic mass is 9.75. The first kappa shape index (κ1) is 29.4. The Hall–Kier alpha value is -2.68. The quantitative estimate of drug-likeness (QED) is 0.381. The standard InChI is InChI=1S/C33H43N3O5S/c1-33(2)24-18-36(29(28(24)33)26(37)16-21(30(38)31(34)39)15-19-9-8-10-19)32(40)23(20-11-4-3-5-12-20)17-25-22-13-6-7-14-27(22)42(41)35-25/h6-7,13-14,19-21,23-24,28-29H,3-5,8-12,15-18H2,1-2H3,(H2,34,39)/t21?,23-,24-,28?,29?,42?/m0/s1. The average Bonchev–Trinajstić information content (AvgIpc) is 3.25. The van der Waals surface area contributed by atoms with Gasteiger partial charge in [0.2, 0.25) is 11.7 Å². The molecule has 0 radical (unpaired) electrons. The predicted octanol–water partition coefficient (Wildman–Crippen LogP) is 4.40. The van der Waals surface area contributed by atoms with Crippen LogP contribution in [0.25, 0.3) is 0 Å². The Bertz CT molecular complexity index is 1340. The van der Waals surface area contributed by atoms with Gasteiger partial charge in [-0.1, -0.05) is 70.6 Å². The molecule has 0 bridgehead atoms. The van der Waals surface area contributed by atoms with Crippen LogP contribution in [0.3, 0.4) is 0 Å². The van der Waals surface area contributed by atoms with Crippen LogP contribution in [0.15, 0.2) is 33.6 Å². The van der Waals surface area contributed by atoms with Crippen LogP contribution in [0.2, 0.25) is 0 Å². The monoisotopic (exact) mass is 593 g/mol. The van der Waals surface area contributed by atoms with Gasteiger partial charge in [-0.15, -0.1) is 0 Å². The van der Waals surface area contributed by atoms with Crippen molar-refractivity contribution in [3.8, 4) is 0 Å². The third-order valence-corrected chi connectivity index (χ3v) is 12.4. The third kappa shape index (κ3) is 5.31. The molecule has 6 rings (SSSR count). The highest BCUT2D eigenvalue weighted by atomic mass is 32.2. The lowest BCUT2D eigenvalue weighted by Crippen LogP contribution is -2.50. The topological polar surface area (TPSA) is 127 Å². The van der Waals surface area contributed by atoms with E-state index in [0.29, 0.717) is 35.9 Å². The summed E-state index contributed by atoms with van der Waals surface area (Å²) < 4.78 is 17.2. The number of fused-ring (bicyclic) bond motifs is 2. The molecule has 8 nitrogen and oxygen atoms in total. The van der Waals surface area contributed by atoms with Crippen LogP contribution in [-0.2, 0) is 30.2 Å². The van der Waals surface area contributed by atoms with E-state index < -0.39 is 34.6 Å². The van der Waals surface area contributed by atoms with E-state index in [1.807, 2.05) is 29.2 Å². The van der Waals surface area contributed by atoms with E-state index in [2.05, 4.69) is 18.2 Å². The minimum atomic E-state index is -1.46. The lowest BCUT2D eigenvalue weighted by molar-refractivity contribution is -0.146. The second kappa shape index (κ2) is 11.4. The van der Waals surface area contributed by atoms with Gasteiger partial charge < -0.3 is 10.6 Å². The number of likely N-dealkylation sites (tertiary alicyclic amines) is 1. The largest absolute Gasteiger partial charge is 0.363 e. The molecule has 2 heterocycles. The second-order valence-electron chi connectivity index (χ2n) is 14.0. The lowest BCUT2D eigenvalue weighted by Gasteiger charge is -2.37. The van der Waals surface area contributed by atoms with E-state index in [1.54, 1.807) is 0 Å². The fraction of sp³-hybridized carbons (Fsp3) is 0.667. The van der Waals surface area contributed by atoms with Crippen molar-refractivity contribution < 1.29 is 23.4 Å². The number of hydrogen-bond acceptors (Lipinski definition) is 5. The highest BCUT2D eigenvalue weighted by Gasteiger charge is 2.69. The van der Waals surface area contributed by atoms with Crippen LogP contribution in [0.4, 0.5) is 0 Å².